The van der Waals surface area contributed by atoms with E-state index in [9.17, 15) is 8.42 Å². The highest BCUT2D eigenvalue weighted by Gasteiger charge is 2.25. The lowest BCUT2D eigenvalue weighted by atomic mass is 9.98. The van der Waals surface area contributed by atoms with E-state index >= 15 is 0 Å². The maximum Gasteiger partial charge on any atom is 0.233 e. The molecular weight excluding hydrogens is 288 g/mol. The molecule has 6 heteroatoms. The van der Waals surface area contributed by atoms with Crippen molar-refractivity contribution in [2.75, 3.05) is 25.6 Å². The van der Waals surface area contributed by atoms with E-state index in [4.69, 9.17) is 20.2 Å². The Labute approximate surface area is 119 Å². The topological polar surface area (TPSA) is 52.6 Å². The Morgan fingerprint density at radius 1 is 1.16 bits per heavy atom. The summed E-state index contributed by atoms with van der Waals surface area (Å²) in [6, 6.07) is 9.43. The number of benzene rings is 1. The van der Waals surface area contributed by atoms with E-state index in [1.165, 1.54) is 0 Å². The van der Waals surface area contributed by atoms with Gasteiger partial charge in [0.1, 0.15) is 12.4 Å². The van der Waals surface area contributed by atoms with E-state index in [-0.39, 0.29) is 5.75 Å². The molecule has 0 amide bonds. The SMILES string of the molecule is CC(C)(COCCOc1ccccc1)CS(=O)(=O)Cl. The fraction of sp³-hybridized carbons (Fsp3) is 0.538. The molecule has 0 unspecified atom stereocenters. The molecule has 0 aliphatic heterocycles. The molecule has 19 heavy (non-hydrogen) atoms. The quantitative estimate of drug-likeness (QED) is 0.547. The second kappa shape index (κ2) is 7.12. The van der Waals surface area contributed by atoms with Gasteiger partial charge in [0.25, 0.3) is 0 Å². The molecule has 0 aliphatic carbocycles. The first kappa shape index (κ1) is 16.3. The molecule has 108 valence electrons. The smallest absolute Gasteiger partial charge is 0.233 e. The van der Waals surface area contributed by atoms with Gasteiger partial charge < -0.3 is 9.47 Å². The van der Waals surface area contributed by atoms with Crippen molar-refractivity contribution in [3.63, 3.8) is 0 Å². The lowest BCUT2D eigenvalue weighted by molar-refractivity contribution is 0.0527. The molecule has 0 saturated heterocycles. The summed E-state index contributed by atoms with van der Waals surface area (Å²) in [4.78, 5) is 0. The van der Waals surface area contributed by atoms with Crippen LogP contribution >= 0.6 is 10.7 Å². The number of hydrogen-bond acceptors (Lipinski definition) is 4. The highest BCUT2D eigenvalue weighted by atomic mass is 35.7. The minimum absolute atomic E-state index is 0.110. The molecule has 0 aliphatic rings. The largest absolute Gasteiger partial charge is 0.491 e. The van der Waals surface area contributed by atoms with Gasteiger partial charge in [-0.3, -0.25) is 0 Å². The molecule has 1 rings (SSSR count). The van der Waals surface area contributed by atoms with Gasteiger partial charge in [0.2, 0.25) is 9.05 Å². The van der Waals surface area contributed by atoms with Gasteiger partial charge in [0, 0.05) is 16.1 Å². The standard InChI is InChI=1S/C13H19ClO4S/c1-13(2,11-19(14,15)16)10-17-8-9-18-12-6-4-3-5-7-12/h3-7H,8-11H2,1-2H3. The maximum absolute atomic E-state index is 11.0. The van der Waals surface area contributed by atoms with Crippen molar-refractivity contribution in [1.82, 2.24) is 0 Å². The Balaban J connectivity index is 2.20. The molecule has 0 fully saturated rings. The predicted molar refractivity (Wildman–Crippen MR) is 76.2 cm³/mol. The molecule has 0 saturated carbocycles. The van der Waals surface area contributed by atoms with E-state index in [0.717, 1.165) is 5.75 Å². The van der Waals surface area contributed by atoms with Crippen LogP contribution in [-0.4, -0.2) is 34.0 Å². The fourth-order valence-corrected chi connectivity index (χ4v) is 3.49. The summed E-state index contributed by atoms with van der Waals surface area (Å²) in [5.41, 5.74) is -0.507. The summed E-state index contributed by atoms with van der Waals surface area (Å²) in [5, 5.41) is 0. The van der Waals surface area contributed by atoms with Gasteiger partial charge in [-0.15, -0.1) is 0 Å². The summed E-state index contributed by atoms with van der Waals surface area (Å²) < 4.78 is 32.9. The van der Waals surface area contributed by atoms with Crippen LogP contribution in [0.2, 0.25) is 0 Å². The highest BCUT2D eigenvalue weighted by Crippen LogP contribution is 2.20. The van der Waals surface area contributed by atoms with Crippen LogP contribution in [-0.2, 0) is 13.8 Å². The Hall–Kier alpha value is -0.780. The van der Waals surface area contributed by atoms with Crippen molar-refractivity contribution in [3.05, 3.63) is 30.3 Å². The van der Waals surface area contributed by atoms with Crippen LogP contribution in [0.25, 0.3) is 0 Å². The highest BCUT2D eigenvalue weighted by molar-refractivity contribution is 8.13. The molecule has 0 bridgehead atoms. The molecule has 0 spiro atoms. The van der Waals surface area contributed by atoms with Crippen molar-refractivity contribution in [2.24, 2.45) is 5.41 Å². The second-order valence-electron chi connectivity index (χ2n) is 5.06. The number of hydrogen-bond donors (Lipinski definition) is 0. The summed E-state index contributed by atoms with van der Waals surface area (Å²) in [6.45, 7) is 4.74. The van der Waals surface area contributed by atoms with Gasteiger partial charge in [-0.1, -0.05) is 32.0 Å². The van der Waals surface area contributed by atoms with Gasteiger partial charge >= 0.3 is 0 Å². The van der Waals surface area contributed by atoms with Gasteiger partial charge in [0.15, 0.2) is 0 Å². The Morgan fingerprint density at radius 3 is 2.37 bits per heavy atom. The zero-order valence-corrected chi connectivity index (χ0v) is 12.7. The third-order valence-electron chi connectivity index (χ3n) is 2.30. The van der Waals surface area contributed by atoms with Crippen molar-refractivity contribution in [3.8, 4) is 5.75 Å². The van der Waals surface area contributed by atoms with E-state index in [1.54, 1.807) is 13.8 Å². The third kappa shape index (κ3) is 8.08. The predicted octanol–water partition coefficient (Wildman–Crippen LogP) is 2.68. The molecule has 1 aromatic rings. The van der Waals surface area contributed by atoms with Crippen LogP contribution in [0.1, 0.15) is 13.8 Å². The first-order chi connectivity index (χ1) is 8.79. The average Bonchev–Trinajstić information content (AvgIpc) is 2.26. The maximum atomic E-state index is 11.0. The third-order valence-corrected chi connectivity index (χ3v) is 3.75. The van der Waals surface area contributed by atoms with Crippen LogP contribution < -0.4 is 4.74 Å². The average molecular weight is 307 g/mol. The van der Waals surface area contributed by atoms with Gasteiger partial charge in [0.05, 0.1) is 19.0 Å². The van der Waals surface area contributed by atoms with Crippen LogP contribution in [0, 0.1) is 5.41 Å². The minimum Gasteiger partial charge on any atom is -0.491 e. The Kier molecular flexibility index (Phi) is 6.10. The van der Waals surface area contributed by atoms with E-state index < -0.39 is 14.5 Å². The molecule has 0 radical (unpaired) electrons. The molecule has 0 aromatic heterocycles. The first-order valence-corrected chi connectivity index (χ1v) is 8.44. The van der Waals surface area contributed by atoms with Crippen LogP contribution in [0.4, 0.5) is 0 Å². The number of rotatable bonds is 8. The molecule has 4 nitrogen and oxygen atoms in total. The summed E-state index contributed by atoms with van der Waals surface area (Å²) >= 11 is 0. The summed E-state index contributed by atoms with van der Waals surface area (Å²) in [6.07, 6.45) is 0. The Bertz CT molecular complexity index is 471. The normalized spacial score (nSPS) is 12.4. The molecular formula is C13H19ClO4S. The lowest BCUT2D eigenvalue weighted by Gasteiger charge is -2.22. The van der Waals surface area contributed by atoms with E-state index in [0.29, 0.717) is 19.8 Å². The van der Waals surface area contributed by atoms with E-state index in [2.05, 4.69) is 0 Å². The molecule has 0 N–H and O–H groups in total. The second-order valence-corrected chi connectivity index (χ2v) is 7.84. The monoisotopic (exact) mass is 306 g/mol. The van der Waals surface area contributed by atoms with Gasteiger partial charge in [-0.05, 0) is 12.1 Å². The Morgan fingerprint density at radius 2 is 1.79 bits per heavy atom. The minimum atomic E-state index is -3.51. The first-order valence-electron chi connectivity index (χ1n) is 5.96. The fourth-order valence-electron chi connectivity index (χ4n) is 1.59. The van der Waals surface area contributed by atoms with Crippen LogP contribution in [0.5, 0.6) is 5.75 Å². The summed E-state index contributed by atoms with van der Waals surface area (Å²) in [7, 11) is 1.72. The van der Waals surface area contributed by atoms with E-state index in [1.807, 2.05) is 30.3 Å². The number of ether oxygens (including phenoxy) is 2. The van der Waals surface area contributed by atoms with Crippen molar-refractivity contribution in [1.29, 1.82) is 0 Å². The van der Waals surface area contributed by atoms with Crippen molar-refractivity contribution in [2.45, 2.75) is 13.8 Å². The molecule has 1 aromatic carbocycles. The van der Waals surface area contributed by atoms with Crippen molar-refractivity contribution < 1.29 is 17.9 Å². The van der Waals surface area contributed by atoms with Crippen LogP contribution in [0.15, 0.2) is 30.3 Å². The van der Waals surface area contributed by atoms with Crippen molar-refractivity contribution >= 4 is 19.7 Å². The lowest BCUT2D eigenvalue weighted by Crippen LogP contribution is -2.27. The summed E-state index contributed by atoms with van der Waals surface area (Å²) in [5.74, 6) is 0.676. The van der Waals surface area contributed by atoms with Gasteiger partial charge in [-0.25, -0.2) is 8.42 Å². The number of halogens is 1. The molecule has 0 atom stereocenters. The zero-order valence-electron chi connectivity index (χ0n) is 11.1. The van der Waals surface area contributed by atoms with Gasteiger partial charge in [-0.2, -0.15) is 0 Å². The molecule has 0 heterocycles. The number of para-hydroxylation sites is 1. The van der Waals surface area contributed by atoms with Crippen LogP contribution in [0.3, 0.4) is 0 Å². The zero-order chi connectivity index (χ0) is 14.4.